The predicted molar refractivity (Wildman–Crippen MR) is 54.6 cm³/mol. The van der Waals surface area contributed by atoms with E-state index in [-0.39, 0.29) is 0 Å². The third-order valence-corrected chi connectivity index (χ3v) is 2.48. The van der Waals surface area contributed by atoms with Gasteiger partial charge in [0.1, 0.15) is 0 Å². The smallest absolute Gasteiger partial charge is 0.0950 e. The van der Waals surface area contributed by atoms with Gasteiger partial charge in [0.25, 0.3) is 0 Å². The highest BCUT2D eigenvalue weighted by Gasteiger charge is 2.09. The van der Waals surface area contributed by atoms with Crippen LogP contribution in [0.4, 0.5) is 0 Å². The molecular formula is C10H19N3. The summed E-state index contributed by atoms with van der Waals surface area (Å²) in [6.07, 6.45) is 7.08. The van der Waals surface area contributed by atoms with E-state index in [1.54, 1.807) is 0 Å². The van der Waals surface area contributed by atoms with Crippen molar-refractivity contribution < 1.29 is 0 Å². The van der Waals surface area contributed by atoms with Crippen LogP contribution < -0.4 is 5.73 Å². The quantitative estimate of drug-likeness (QED) is 0.752. The Kier molecular flexibility index (Phi) is 3.96. The van der Waals surface area contributed by atoms with Crippen molar-refractivity contribution in [1.29, 1.82) is 0 Å². The number of nitrogens with zero attached hydrogens (tertiary/aromatic N) is 2. The lowest BCUT2D eigenvalue weighted by Gasteiger charge is -2.17. The summed E-state index contributed by atoms with van der Waals surface area (Å²) in [6.45, 7) is 5.12. The normalized spacial score (nSPS) is 11.1. The summed E-state index contributed by atoms with van der Waals surface area (Å²) in [5.74, 6) is 0. The summed E-state index contributed by atoms with van der Waals surface area (Å²) >= 11 is 0. The fourth-order valence-corrected chi connectivity index (χ4v) is 1.68. The molecule has 0 saturated carbocycles. The van der Waals surface area contributed by atoms with Crippen molar-refractivity contribution in [3.63, 3.8) is 0 Å². The van der Waals surface area contributed by atoms with Gasteiger partial charge in [0.05, 0.1) is 6.33 Å². The zero-order valence-corrected chi connectivity index (χ0v) is 8.53. The third-order valence-electron chi connectivity index (χ3n) is 2.48. The van der Waals surface area contributed by atoms with Gasteiger partial charge < -0.3 is 10.3 Å². The van der Waals surface area contributed by atoms with Crippen LogP contribution in [0.3, 0.4) is 0 Å². The highest BCUT2D eigenvalue weighted by atomic mass is 15.1. The number of nitrogens with two attached hydrogens (primary N) is 1. The lowest BCUT2D eigenvalue weighted by molar-refractivity contribution is 0.457. The average Bonchev–Trinajstić information content (AvgIpc) is 2.57. The molecule has 0 aliphatic heterocycles. The first-order valence-electron chi connectivity index (χ1n) is 5.04. The predicted octanol–water partition coefficient (Wildman–Crippen LogP) is 1.75. The van der Waals surface area contributed by atoms with Crippen molar-refractivity contribution in [1.82, 2.24) is 9.55 Å². The molecule has 0 atom stereocenters. The molecule has 0 spiro atoms. The Hall–Kier alpha value is -0.830. The monoisotopic (exact) mass is 181 g/mol. The van der Waals surface area contributed by atoms with Gasteiger partial charge in [0, 0.05) is 24.4 Å². The molecule has 1 aromatic rings. The molecule has 74 valence electrons. The second kappa shape index (κ2) is 5.02. The van der Waals surface area contributed by atoms with Gasteiger partial charge in [0.2, 0.25) is 0 Å². The van der Waals surface area contributed by atoms with Crippen molar-refractivity contribution in [3.8, 4) is 0 Å². The zero-order chi connectivity index (χ0) is 9.68. The van der Waals surface area contributed by atoms with Crippen molar-refractivity contribution in [2.24, 2.45) is 5.73 Å². The lowest BCUT2D eigenvalue weighted by atomic mass is 10.1. The van der Waals surface area contributed by atoms with E-state index in [0.717, 1.165) is 19.3 Å². The van der Waals surface area contributed by atoms with E-state index in [9.17, 15) is 0 Å². The van der Waals surface area contributed by atoms with Gasteiger partial charge in [-0.25, -0.2) is 4.98 Å². The molecule has 0 aromatic carbocycles. The summed E-state index contributed by atoms with van der Waals surface area (Å²) in [7, 11) is 0. The van der Waals surface area contributed by atoms with Crippen molar-refractivity contribution in [2.45, 2.75) is 39.2 Å². The topological polar surface area (TPSA) is 43.8 Å². The summed E-state index contributed by atoms with van der Waals surface area (Å²) in [6, 6.07) is 0.587. The Morgan fingerprint density at radius 2 is 2.15 bits per heavy atom. The maximum atomic E-state index is 5.53. The molecule has 1 rings (SSSR count). The van der Waals surface area contributed by atoms with Crippen LogP contribution in [-0.4, -0.2) is 16.1 Å². The largest absolute Gasteiger partial charge is 0.332 e. The number of hydrogen-bond donors (Lipinski definition) is 1. The van der Waals surface area contributed by atoms with Crippen LogP contribution in [0, 0.1) is 0 Å². The first-order valence-corrected chi connectivity index (χ1v) is 5.04. The summed E-state index contributed by atoms with van der Waals surface area (Å²) in [5.41, 5.74) is 6.79. The van der Waals surface area contributed by atoms with Gasteiger partial charge in [-0.3, -0.25) is 0 Å². The van der Waals surface area contributed by atoms with Crippen LogP contribution in [0.25, 0.3) is 0 Å². The molecule has 3 heteroatoms. The minimum atomic E-state index is 0.587. The van der Waals surface area contributed by atoms with Crippen LogP contribution in [-0.2, 0) is 6.42 Å². The number of imidazole rings is 1. The van der Waals surface area contributed by atoms with Crippen LogP contribution in [0.5, 0.6) is 0 Å². The number of aromatic nitrogens is 2. The molecule has 0 aliphatic carbocycles. The van der Waals surface area contributed by atoms with Gasteiger partial charge in [-0.2, -0.15) is 0 Å². The highest BCUT2D eigenvalue weighted by molar-refractivity contribution is 5.00. The van der Waals surface area contributed by atoms with Gasteiger partial charge in [0.15, 0.2) is 0 Å². The molecule has 0 radical (unpaired) electrons. The molecule has 2 N–H and O–H groups in total. The SMILES string of the molecule is CCC(CC)n1cncc1CCN. The van der Waals surface area contributed by atoms with E-state index in [4.69, 9.17) is 5.73 Å². The summed E-state index contributed by atoms with van der Waals surface area (Å²) in [5, 5.41) is 0. The fourth-order valence-electron chi connectivity index (χ4n) is 1.68. The van der Waals surface area contributed by atoms with E-state index >= 15 is 0 Å². The first kappa shape index (κ1) is 10.3. The Morgan fingerprint density at radius 1 is 1.46 bits per heavy atom. The van der Waals surface area contributed by atoms with Crippen LogP contribution in [0.15, 0.2) is 12.5 Å². The first-order chi connectivity index (χ1) is 6.33. The van der Waals surface area contributed by atoms with Crippen molar-refractivity contribution in [2.75, 3.05) is 6.54 Å². The molecule has 1 heterocycles. The third kappa shape index (κ3) is 2.31. The van der Waals surface area contributed by atoms with E-state index in [1.165, 1.54) is 5.69 Å². The highest BCUT2D eigenvalue weighted by Crippen LogP contribution is 2.17. The van der Waals surface area contributed by atoms with Gasteiger partial charge in [-0.15, -0.1) is 0 Å². The number of rotatable bonds is 5. The van der Waals surface area contributed by atoms with Crippen LogP contribution in [0.1, 0.15) is 38.4 Å². The molecule has 0 aliphatic rings. The van der Waals surface area contributed by atoms with Gasteiger partial charge >= 0.3 is 0 Å². The molecule has 3 nitrogen and oxygen atoms in total. The van der Waals surface area contributed by atoms with E-state index in [0.29, 0.717) is 12.6 Å². The molecule has 0 saturated heterocycles. The zero-order valence-electron chi connectivity index (χ0n) is 8.53. The molecule has 1 aromatic heterocycles. The minimum absolute atomic E-state index is 0.587. The van der Waals surface area contributed by atoms with Crippen LogP contribution >= 0.6 is 0 Å². The summed E-state index contributed by atoms with van der Waals surface area (Å²) < 4.78 is 2.26. The maximum absolute atomic E-state index is 5.53. The molecule has 0 unspecified atom stereocenters. The summed E-state index contributed by atoms with van der Waals surface area (Å²) in [4.78, 5) is 4.16. The van der Waals surface area contributed by atoms with Crippen LogP contribution in [0.2, 0.25) is 0 Å². The standard InChI is InChI=1S/C10H19N3/c1-3-9(4-2)13-8-12-7-10(13)5-6-11/h7-9H,3-6,11H2,1-2H3. The molecule has 0 bridgehead atoms. The molecular weight excluding hydrogens is 162 g/mol. The van der Waals surface area contributed by atoms with E-state index in [1.807, 2.05) is 12.5 Å². The second-order valence-corrected chi connectivity index (χ2v) is 3.30. The van der Waals surface area contributed by atoms with Gasteiger partial charge in [-0.05, 0) is 19.4 Å². The maximum Gasteiger partial charge on any atom is 0.0950 e. The minimum Gasteiger partial charge on any atom is -0.332 e. The van der Waals surface area contributed by atoms with Crippen molar-refractivity contribution in [3.05, 3.63) is 18.2 Å². The fraction of sp³-hybridized carbons (Fsp3) is 0.700. The molecule has 0 fully saturated rings. The van der Waals surface area contributed by atoms with E-state index < -0.39 is 0 Å². The second-order valence-electron chi connectivity index (χ2n) is 3.30. The Labute approximate surface area is 80.0 Å². The molecule has 0 amide bonds. The Bertz CT molecular complexity index is 238. The van der Waals surface area contributed by atoms with Gasteiger partial charge in [-0.1, -0.05) is 13.8 Å². The Morgan fingerprint density at radius 3 is 2.69 bits per heavy atom. The van der Waals surface area contributed by atoms with E-state index in [2.05, 4.69) is 23.4 Å². The molecule has 13 heavy (non-hydrogen) atoms. The average molecular weight is 181 g/mol. The van der Waals surface area contributed by atoms with Crippen molar-refractivity contribution >= 4 is 0 Å². The number of hydrogen-bond acceptors (Lipinski definition) is 2. The lowest BCUT2D eigenvalue weighted by Crippen LogP contribution is -2.12. The Balaban J connectivity index is 2.78.